The van der Waals surface area contributed by atoms with Crippen LogP contribution in [0.1, 0.15) is 30.5 Å². The van der Waals surface area contributed by atoms with E-state index in [2.05, 4.69) is 21.2 Å². The van der Waals surface area contributed by atoms with E-state index in [4.69, 9.17) is 11.6 Å². The van der Waals surface area contributed by atoms with Gasteiger partial charge in [-0.2, -0.15) is 13.2 Å². The van der Waals surface area contributed by atoms with Crippen molar-refractivity contribution in [1.82, 2.24) is 10.2 Å². The fraction of sp³-hybridized carbons (Fsp3) is 0.257. The number of anilines is 1. The maximum absolute atomic E-state index is 14.5. The van der Waals surface area contributed by atoms with Crippen LogP contribution in [0.15, 0.2) is 112 Å². The summed E-state index contributed by atoms with van der Waals surface area (Å²) in [7, 11) is -4.64. The number of nitrogens with one attached hydrogen (secondary N) is 1. The second-order valence-corrected chi connectivity index (χ2v) is 14.7. The van der Waals surface area contributed by atoms with Crippen molar-refractivity contribution >= 4 is 55.1 Å². The van der Waals surface area contributed by atoms with E-state index in [1.54, 1.807) is 54.6 Å². The maximum atomic E-state index is 14.5. The maximum Gasteiger partial charge on any atom is 0.416 e. The number of carbonyl (C=O) groups is 2. The predicted molar refractivity (Wildman–Crippen MR) is 184 cm³/mol. The summed E-state index contributed by atoms with van der Waals surface area (Å²) < 4.78 is 71.1. The highest BCUT2D eigenvalue weighted by Gasteiger charge is 2.37. The monoisotopic (exact) mass is 763 g/mol. The fourth-order valence-electron chi connectivity index (χ4n) is 4.88. The van der Waals surface area contributed by atoms with E-state index in [1.165, 1.54) is 29.2 Å². The molecule has 0 aliphatic heterocycles. The topological polar surface area (TPSA) is 86.8 Å². The summed E-state index contributed by atoms with van der Waals surface area (Å²) in [5, 5.41) is 2.57. The third-order valence-corrected chi connectivity index (χ3v) is 10.00. The zero-order valence-corrected chi connectivity index (χ0v) is 29.3. The van der Waals surface area contributed by atoms with E-state index < -0.39 is 51.9 Å². The molecule has 0 aliphatic carbocycles. The molecule has 2 amide bonds. The van der Waals surface area contributed by atoms with Crippen LogP contribution in [-0.4, -0.2) is 44.3 Å². The van der Waals surface area contributed by atoms with E-state index >= 15 is 0 Å². The lowest BCUT2D eigenvalue weighted by Gasteiger charge is -2.34. The standard InChI is InChI=1S/C35H34BrClF3N3O4S/c1-24(2)21-41-34(45)32(19-25-9-5-3-6-10-25)42(22-26-13-16-28(36)17-14-26)33(44)23-43(48(46,47)29-11-7-4-8-12-29)31-20-27(35(38,39)40)15-18-30(31)37/h3-18,20,24,32H,19,21-23H2,1-2H3,(H,41,45)/t32-/m1/s1. The lowest BCUT2D eigenvalue weighted by molar-refractivity contribution is -0.140. The Bertz CT molecular complexity index is 1810. The summed E-state index contributed by atoms with van der Waals surface area (Å²) in [6.45, 7) is 3.11. The van der Waals surface area contributed by atoms with Crippen LogP contribution in [0.4, 0.5) is 18.9 Å². The molecule has 48 heavy (non-hydrogen) atoms. The summed E-state index contributed by atoms with van der Waals surface area (Å²) in [4.78, 5) is 29.3. The number of alkyl halides is 3. The van der Waals surface area contributed by atoms with Crippen LogP contribution in [0.2, 0.25) is 5.02 Å². The number of hydrogen-bond donors (Lipinski definition) is 1. The molecule has 0 aromatic heterocycles. The van der Waals surface area contributed by atoms with Gasteiger partial charge < -0.3 is 10.2 Å². The summed E-state index contributed by atoms with van der Waals surface area (Å²) in [5.74, 6) is -1.20. The highest BCUT2D eigenvalue weighted by molar-refractivity contribution is 9.10. The van der Waals surface area contributed by atoms with Gasteiger partial charge in [-0.25, -0.2) is 8.42 Å². The molecule has 0 radical (unpaired) electrons. The highest BCUT2D eigenvalue weighted by Crippen LogP contribution is 2.37. The largest absolute Gasteiger partial charge is 0.416 e. The molecule has 0 spiro atoms. The second-order valence-electron chi connectivity index (χ2n) is 11.5. The third kappa shape index (κ3) is 9.61. The van der Waals surface area contributed by atoms with Gasteiger partial charge in [0, 0.05) is 24.0 Å². The first-order valence-electron chi connectivity index (χ1n) is 15.0. The minimum Gasteiger partial charge on any atom is -0.354 e. The predicted octanol–water partition coefficient (Wildman–Crippen LogP) is 7.73. The number of carbonyl (C=O) groups excluding carboxylic acids is 2. The van der Waals surface area contributed by atoms with Gasteiger partial charge in [0.25, 0.3) is 10.0 Å². The second kappa shape index (κ2) is 16.0. The van der Waals surface area contributed by atoms with E-state index in [1.807, 2.05) is 19.9 Å². The van der Waals surface area contributed by atoms with Crippen LogP contribution >= 0.6 is 27.5 Å². The van der Waals surface area contributed by atoms with Gasteiger partial charge in [0.15, 0.2) is 0 Å². The van der Waals surface area contributed by atoms with Gasteiger partial charge in [0.2, 0.25) is 11.8 Å². The molecule has 0 saturated carbocycles. The molecule has 1 atom stereocenters. The summed E-state index contributed by atoms with van der Waals surface area (Å²) in [6.07, 6.45) is -4.74. The molecule has 4 aromatic carbocycles. The first-order valence-corrected chi connectivity index (χ1v) is 17.6. The summed E-state index contributed by atoms with van der Waals surface area (Å²) in [6, 6.07) is 24.2. The van der Waals surface area contributed by atoms with Crippen LogP contribution in [0.5, 0.6) is 0 Å². The minimum atomic E-state index is -4.82. The molecule has 0 unspecified atom stereocenters. The van der Waals surface area contributed by atoms with E-state index in [9.17, 15) is 31.2 Å². The Morgan fingerprint density at radius 2 is 1.48 bits per heavy atom. The Kier molecular flexibility index (Phi) is 12.3. The van der Waals surface area contributed by atoms with Crippen molar-refractivity contribution in [2.45, 2.75) is 43.9 Å². The Morgan fingerprint density at radius 3 is 2.06 bits per heavy atom. The molecule has 4 aromatic rings. The van der Waals surface area contributed by atoms with Gasteiger partial charge in [0.1, 0.15) is 12.6 Å². The number of sulfonamides is 1. The molecular weight excluding hydrogens is 731 g/mol. The van der Waals surface area contributed by atoms with Crippen molar-refractivity contribution in [2.24, 2.45) is 5.92 Å². The van der Waals surface area contributed by atoms with Crippen molar-refractivity contribution in [2.75, 3.05) is 17.4 Å². The average Bonchev–Trinajstić information content (AvgIpc) is 3.05. The zero-order valence-electron chi connectivity index (χ0n) is 26.1. The van der Waals surface area contributed by atoms with Crippen LogP contribution < -0.4 is 9.62 Å². The van der Waals surface area contributed by atoms with Crippen LogP contribution in [0, 0.1) is 5.92 Å². The van der Waals surface area contributed by atoms with E-state index in [-0.39, 0.29) is 28.8 Å². The van der Waals surface area contributed by atoms with Crippen LogP contribution in [-0.2, 0) is 38.8 Å². The normalized spacial score (nSPS) is 12.4. The lowest BCUT2D eigenvalue weighted by Crippen LogP contribution is -2.53. The van der Waals surface area contributed by atoms with E-state index in [0.717, 1.165) is 22.2 Å². The van der Waals surface area contributed by atoms with Gasteiger partial charge >= 0.3 is 6.18 Å². The van der Waals surface area contributed by atoms with Gasteiger partial charge in [0.05, 0.1) is 21.2 Å². The summed E-state index contributed by atoms with van der Waals surface area (Å²) in [5.41, 5.74) is -0.304. The molecule has 0 heterocycles. The molecule has 13 heteroatoms. The molecule has 4 rings (SSSR count). The zero-order chi connectivity index (χ0) is 35.1. The number of hydrogen-bond acceptors (Lipinski definition) is 4. The van der Waals surface area contributed by atoms with E-state index in [0.29, 0.717) is 22.5 Å². The molecule has 7 nitrogen and oxygen atoms in total. The van der Waals surface area contributed by atoms with Crippen LogP contribution in [0.3, 0.4) is 0 Å². The first kappa shape index (κ1) is 37.0. The van der Waals surface area contributed by atoms with Crippen molar-refractivity contribution in [3.05, 3.63) is 129 Å². The molecule has 0 bridgehead atoms. The molecule has 0 fully saturated rings. The smallest absolute Gasteiger partial charge is 0.354 e. The Hall–Kier alpha value is -3.87. The SMILES string of the molecule is CC(C)CNC(=O)[C@@H](Cc1ccccc1)N(Cc1ccc(Br)cc1)C(=O)CN(c1cc(C(F)(F)F)ccc1Cl)S(=O)(=O)c1ccccc1. The molecule has 254 valence electrons. The Morgan fingerprint density at radius 1 is 0.875 bits per heavy atom. The number of benzene rings is 4. The lowest BCUT2D eigenvalue weighted by atomic mass is 10.0. The van der Waals surface area contributed by atoms with Crippen LogP contribution in [0.25, 0.3) is 0 Å². The van der Waals surface area contributed by atoms with Gasteiger partial charge in [-0.3, -0.25) is 13.9 Å². The number of nitrogens with zero attached hydrogens (tertiary/aromatic N) is 2. The number of amides is 2. The van der Waals surface area contributed by atoms with Crippen molar-refractivity contribution in [3.63, 3.8) is 0 Å². The molecule has 0 saturated heterocycles. The van der Waals surface area contributed by atoms with Crippen molar-refractivity contribution in [3.8, 4) is 0 Å². The Labute approximate surface area is 291 Å². The van der Waals surface area contributed by atoms with Crippen molar-refractivity contribution < 1.29 is 31.2 Å². The Balaban J connectivity index is 1.86. The van der Waals surface area contributed by atoms with Gasteiger partial charge in [-0.1, -0.05) is 102 Å². The minimum absolute atomic E-state index is 0.0861. The number of halogens is 5. The van der Waals surface area contributed by atoms with Gasteiger partial charge in [-0.05, 0) is 59.5 Å². The quantitative estimate of drug-likeness (QED) is 0.151. The average molecular weight is 765 g/mol. The van der Waals surface area contributed by atoms with Gasteiger partial charge in [-0.15, -0.1) is 0 Å². The highest BCUT2D eigenvalue weighted by atomic mass is 79.9. The molecular formula is C35H34BrClF3N3O4S. The molecule has 1 N–H and O–H groups in total. The summed E-state index contributed by atoms with van der Waals surface area (Å²) >= 11 is 9.76. The first-order chi connectivity index (χ1) is 22.7. The molecule has 0 aliphatic rings. The number of rotatable bonds is 13. The van der Waals surface area contributed by atoms with Crippen molar-refractivity contribution in [1.29, 1.82) is 0 Å². The third-order valence-electron chi connectivity index (χ3n) is 7.37. The fourth-order valence-corrected chi connectivity index (χ4v) is 6.86.